The predicted octanol–water partition coefficient (Wildman–Crippen LogP) is 6.03. The topological polar surface area (TPSA) is 43.4 Å². The second kappa shape index (κ2) is 10.1. The summed E-state index contributed by atoms with van der Waals surface area (Å²) < 4.78 is 12.5. The minimum Gasteiger partial charge on any atom is -0.493 e. The normalized spacial score (nSPS) is 10.7. The van der Waals surface area contributed by atoms with Crippen LogP contribution in [0.5, 0.6) is 11.5 Å². The van der Waals surface area contributed by atoms with Gasteiger partial charge in [0.25, 0.3) is 0 Å². The number of ether oxygens (including phenoxy) is 2. The lowest BCUT2D eigenvalue weighted by atomic mass is 10.1. The van der Waals surface area contributed by atoms with Crippen LogP contribution in [0.3, 0.4) is 0 Å². The highest BCUT2D eigenvalue weighted by Gasteiger charge is 2.16. The molecular weight excluding hydrogens is 463 g/mol. The zero-order chi connectivity index (χ0) is 19.9. The van der Waals surface area contributed by atoms with Crippen LogP contribution in [0.4, 0.5) is 0 Å². The summed E-state index contributed by atoms with van der Waals surface area (Å²) in [7, 11) is 1.61. The number of nitrogens with one attached hydrogen (secondary N) is 1. The van der Waals surface area contributed by atoms with E-state index in [-0.39, 0.29) is 6.61 Å². The van der Waals surface area contributed by atoms with Gasteiger partial charge in [-0.25, -0.2) is 0 Å². The van der Waals surface area contributed by atoms with Gasteiger partial charge in [-0.3, -0.25) is 4.98 Å². The molecule has 0 saturated carbocycles. The molecule has 1 N–H and O–H groups in total. The zero-order valence-electron chi connectivity index (χ0n) is 15.2. The molecule has 1 aromatic heterocycles. The van der Waals surface area contributed by atoms with Gasteiger partial charge in [-0.05, 0) is 36.4 Å². The summed E-state index contributed by atoms with van der Waals surface area (Å²) in [4.78, 5) is 4.32. The third-order valence-corrected chi connectivity index (χ3v) is 5.59. The average Bonchev–Trinajstić information content (AvgIpc) is 2.70. The van der Waals surface area contributed by atoms with E-state index in [2.05, 4.69) is 26.2 Å². The summed E-state index contributed by atoms with van der Waals surface area (Å²) in [5.74, 6) is 1.28. The van der Waals surface area contributed by atoms with Gasteiger partial charge in [0.15, 0.2) is 11.5 Å². The summed E-state index contributed by atoms with van der Waals surface area (Å²) in [5, 5.41) is 4.52. The molecule has 0 unspecified atom stereocenters. The molecule has 3 rings (SSSR count). The van der Waals surface area contributed by atoms with Crippen molar-refractivity contribution in [1.82, 2.24) is 10.3 Å². The Hall–Kier alpha value is -1.79. The van der Waals surface area contributed by atoms with Crippen LogP contribution in [0.25, 0.3) is 0 Å². The highest BCUT2D eigenvalue weighted by Crippen LogP contribution is 2.37. The molecule has 0 aliphatic rings. The lowest BCUT2D eigenvalue weighted by Gasteiger charge is -2.18. The summed E-state index contributed by atoms with van der Waals surface area (Å²) in [6.45, 7) is 1.44. The molecule has 7 heteroatoms. The predicted molar refractivity (Wildman–Crippen MR) is 116 cm³/mol. The maximum atomic E-state index is 6.27. The van der Waals surface area contributed by atoms with E-state index in [9.17, 15) is 0 Å². The molecule has 2 aromatic carbocycles. The summed E-state index contributed by atoms with van der Waals surface area (Å²) in [6, 6.07) is 15.0. The number of aromatic nitrogens is 1. The number of hydrogen-bond acceptors (Lipinski definition) is 4. The molecule has 0 spiro atoms. The molecular formula is C21H19BrCl2N2O2. The second-order valence-electron chi connectivity index (χ2n) is 5.97. The molecule has 0 saturated heterocycles. The fraction of sp³-hybridized carbons (Fsp3) is 0.190. The number of rotatable bonds is 8. The Morgan fingerprint density at radius 2 is 1.75 bits per heavy atom. The zero-order valence-corrected chi connectivity index (χ0v) is 18.3. The van der Waals surface area contributed by atoms with E-state index in [1.54, 1.807) is 31.5 Å². The summed E-state index contributed by atoms with van der Waals surface area (Å²) in [5.41, 5.74) is 2.64. The summed E-state index contributed by atoms with van der Waals surface area (Å²) >= 11 is 16.1. The SMILES string of the molecule is COc1ccc(Br)c(CNCc2ccccn2)c1OCc1c(Cl)cccc1Cl. The number of nitrogens with zero attached hydrogens (tertiary/aromatic N) is 1. The highest BCUT2D eigenvalue weighted by molar-refractivity contribution is 9.10. The smallest absolute Gasteiger partial charge is 0.167 e. The largest absolute Gasteiger partial charge is 0.493 e. The van der Waals surface area contributed by atoms with Gasteiger partial charge < -0.3 is 14.8 Å². The molecule has 0 amide bonds. The molecule has 0 fully saturated rings. The van der Waals surface area contributed by atoms with Gasteiger partial charge in [0.05, 0.1) is 12.8 Å². The first-order chi connectivity index (χ1) is 13.6. The van der Waals surface area contributed by atoms with Crippen molar-refractivity contribution in [3.8, 4) is 11.5 Å². The number of methoxy groups -OCH3 is 1. The monoisotopic (exact) mass is 480 g/mol. The Labute approximate surface area is 182 Å². The first kappa shape index (κ1) is 20.9. The first-order valence-electron chi connectivity index (χ1n) is 8.62. The Kier molecular flexibility index (Phi) is 7.57. The Bertz CT molecular complexity index is 919. The fourth-order valence-electron chi connectivity index (χ4n) is 2.70. The van der Waals surface area contributed by atoms with Crippen molar-refractivity contribution < 1.29 is 9.47 Å². The number of hydrogen-bond donors (Lipinski definition) is 1. The van der Waals surface area contributed by atoms with Crippen LogP contribution in [0.1, 0.15) is 16.8 Å². The van der Waals surface area contributed by atoms with E-state index in [0.29, 0.717) is 34.6 Å². The van der Waals surface area contributed by atoms with Gasteiger partial charge in [-0.2, -0.15) is 0 Å². The van der Waals surface area contributed by atoms with E-state index >= 15 is 0 Å². The van der Waals surface area contributed by atoms with Crippen LogP contribution in [0.2, 0.25) is 10.0 Å². The van der Waals surface area contributed by atoms with Crippen molar-refractivity contribution in [2.24, 2.45) is 0 Å². The van der Waals surface area contributed by atoms with Gasteiger partial charge in [-0.15, -0.1) is 0 Å². The molecule has 0 radical (unpaired) electrons. The van der Waals surface area contributed by atoms with Gasteiger partial charge in [0.2, 0.25) is 0 Å². The third kappa shape index (κ3) is 5.17. The van der Waals surface area contributed by atoms with Gasteiger partial charge in [0.1, 0.15) is 6.61 Å². The molecule has 146 valence electrons. The molecule has 0 aliphatic carbocycles. The second-order valence-corrected chi connectivity index (χ2v) is 7.64. The lowest BCUT2D eigenvalue weighted by molar-refractivity contribution is 0.280. The van der Waals surface area contributed by atoms with E-state index in [4.69, 9.17) is 32.7 Å². The van der Waals surface area contributed by atoms with Gasteiger partial charge in [-0.1, -0.05) is 51.3 Å². The average molecular weight is 482 g/mol. The van der Waals surface area contributed by atoms with Crippen molar-refractivity contribution in [3.05, 3.63) is 86.1 Å². The lowest BCUT2D eigenvalue weighted by Crippen LogP contribution is -2.15. The standard InChI is InChI=1S/C21H19BrCl2N2O2/c1-27-20-9-8-17(22)15(12-25-11-14-5-2-3-10-26-14)21(20)28-13-16-18(23)6-4-7-19(16)24/h2-10,25H,11-13H2,1H3. The van der Waals surface area contributed by atoms with Crippen molar-refractivity contribution in [3.63, 3.8) is 0 Å². The molecule has 3 aromatic rings. The van der Waals surface area contributed by atoms with Crippen LogP contribution >= 0.6 is 39.1 Å². The van der Waals surface area contributed by atoms with Crippen LogP contribution in [0.15, 0.2) is 59.2 Å². The van der Waals surface area contributed by atoms with Crippen molar-refractivity contribution in [1.29, 1.82) is 0 Å². The summed E-state index contributed by atoms with van der Waals surface area (Å²) in [6.07, 6.45) is 1.78. The maximum Gasteiger partial charge on any atom is 0.167 e. The number of halogens is 3. The van der Waals surface area contributed by atoms with Crippen LogP contribution < -0.4 is 14.8 Å². The van der Waals surface area contributed by atoms with Gasteiger partial charge >= 0.3 is 0 Å². The Morgan fingerprint density at radius 1 is 0.964 bits per heavy atom. The molecule has 4 nitrogen and oxygen atoms in total. The minimum atomic E-state index is 0.235. The van der Waals surface area contributed by atoms with E-state index in [1.165, 1.54) is 0 Å². The van der Waals surface area contributed by atoms with Crippen LogP contribution in [0, 0.1) is 0 Å². The molecule has 28 heavy (non-hydrogen) atoms. The molecule has 0 bridgehead atoms. The number of pyridine rings is 1. The Morgan fingerprint density at radius 3 is 2.43 bits per heavy atom. The third-order valence-electron chi connectivity index (χ3n) is 4.14. The minimum absolute atomic E-state index is 0.235. The van der Waals surface area contributed by atoms with Crippen molar-refractivity contribution in [2.45, 2.75) is 19.7 Å². The van der Waals surface area contributed by atoms with Crippen LogP contribution in [-0.4, -0.2) is 12.1 Å². The van der Waals surface area contributed by atoms with Crippen LogP contribution in [-0.2, 0) is 19.7 Å². The van der Waals surface area contributed by atoms with E-state index in [0.717, 1.165) is 21.3 Å². The highest BCUT2D eigenvalue weighted by atomic mass is 79.9. The van der Waals surface area contributed by atoms with Crippen molar-refractivity contribution in [2.75, 3.05) is 7.11 Å². The van der Waals surface area contributed by atoms with Crippen molar-refractivity contribution >= 4 is 39.1 Å². The Balaban J connectivity index is 1.79. The van der Waals surface area contributed by atoms with Gasteiger partial charge in [0, 0.05) is 44.9 Å². The first-order valence-corrected chi connectivity index (χ1v) is 10.2. The van der Waals surface area contributed by atoms with E-state index < -0.39 is 0 Å². The quantitative estimate of drug-likeness (QED) is 0.426. The molecule has 0 aliphatic heterocycles. The maximum absolute atomic E-state index is 6.27. The fourth-order valence-corrected chi connectivity index (χ4v) is 3.66. The van der Waals surface area contributed by atoms with E-state index in [1.807, 2.05) is 30.3 Å². The number of benzene rings is 2. The molecule has 0 atom stereocenters. The molecule has 1 heterocycles.